The van der Waals surface area contributed by atoms with Gasteiger partial charge in [-0.2, -0.15) is 0 Å². The van der Waals surface area contributed by atoms with Crippen LogP contribution in [0, 0.1) is 17.3 Å². The number of carbonyl (C=O) groups is 3. The fraction of sp³-hybridized carbons (Fsp3) is 0.737. The minimum atomic E-state index is -2.00. The Kier molecular flexibility index (Phi) is 5.55. The van der Waals surface area contributed by atoms with Gasteiger partial charge in [0.1, 0.15) is 0 Å². The molecule has 26 heavy (non-hydrogen) atoms. The van der Waals surface area contributed by atoms with Gasteiger partial charge in [0.2, 0.25) is 0 Å². The van der Waals surface area contributed by atoms with E-state index < -0.39 is 25.7 Å². The van der Waals surface area contributed by atoms with Gasteiger partial charge in [-0.1, -0.05) is 26.3 Å². The molecule has 7 heteroatoms. The van der Waals surface area contributed by atoms with Gasteiger partial charge in [-0.15, -0.1) is 0 Å². The summed E-state index contributed by atoms with van der Waals surface area (Å²) in [5.41, 5.74) is -0.523. The highest BCUT2D eigenvalue weighted by molar-refractivity contribution is 6.74. The zero-order valence-electron chi connectivity index (χ0n) is 16.8. The number of methoxy groups -OCH3 is 2. The first-order chi connectivity index (χ1) is 11.9. The van der Waals surface area contributed by atoms with Gasteiger partial charge >= 0.3 is 11.9 Å². The van der Waals surface area contributed by atoms with Crippen LogP contribution in [0.4, 0.5) is 0 Å². The molecule has 1 fully saturated rings. The fourth-order valence-corrected chi connectivity index (χ4v) is 4.63. The number of hydrogen-bond donors (Lipinski definition) is 0. The van der Waals surface area contributed by atoms with Crippen molar-refractivity contribution in [2.45, 2.75) is 51.7 Å². The Morgan fingerprint density at radius 3 is 2.19 bits per heavy atom. The molecule has 0 bridgehead atoms. The highest BCUT2D eigenvalue weighted by atomic mass is 28.4. The second-order valence-electron chi connectivity index (χ2n) is 8.85. The largest absolute Gasteiger partial charge is 0.468 e. The summed E-state index contributed by atoms with van der Waals surface area (Å²) >= 11 is 0. The topological polar surface area (TPSA) is 78.9 Å². The first-order valence-corrected chi connectivity index (χ1v) is 11.9. The Labute approximate surface area is 156 Å². The van der Waals surface area contributed by atoms with E-state index in [0.717, 1.165) is 5.57 Å². The van der Waals surface area contributed by atoms with Crippen molar-refractivity contribution in [2.24, 2.45) is 17.3 Å². The Morgan fingerprint density at radius 1 is 1.19 bits per heavy atom. The molecule has 146 valence electrons. The van der Waals surface area contributed by atoms with Crippen molar-refractivity contribution in [1.29, 1.82) is 0 Å². The molecular formula is C19H30O6Si. The SMILES string of the molecule is COC(=O)C1(C(=O)OC)CC2=CC(=O)[C@H](CO[Si](C)(C)C(C)(C)C)[C@@H]2C1. The van der Waals surface area contributed by atoms with E-state index in [1.165, 1.54) is 14.2 Å². The number of hydrogen-bond acceptors (Lipinski definition) is 6. The maximum absolute atomic E-state index is 12.5. The van der Waals surface area contributed by atoms with E-state index in [1.807, 2.05) is 0 Å². The van der Waals surface area contributed by atoms with Gasteiger partial charge in [0.05, 0.1) is 20.1 Å². The number of fused-ring (bicyclic) bond motifs is 1. The lowest BCUT2D eigenvalue weighted by molar-refractivity contribution is -0.169. The first kappa shape index (κ1) is 20.8. The standard InChI is InChI=1S/C19H30O6Si/c1-18(2,3)26(6,7)25-11-14-13-10-19(16(21)23-4,17(22)24-5)9-12(13)8-15(14)20/h8,13-14H,9-11H2,1-7H3/t13-,14-/m1/s1. The molecule has 0 heterocycles. The number of allylic oxidation sites excluding steroid dienone is 2. The summed E-state index contributed by atoms with van der Waals surface area (Å²) in [4.78, 5) is 37.2. The van der Waals surface area contributed by atoms with Crippen LogP contribution < -0.4 is 0 Å². The summed E-state index contributed by atoms with van der Waals surface area (Å²) < 4.78 is 16.0. The molecule has 2 aliphatic carbocycles. The van der Waals surface area contributed by atoms with Crippen molar-refractivity contribution in [3.63, 3.8) is 0 Å². The van der Waals surface area contributed by atoms with Gasteiger partial charge in [0, 0.05) is 6.61 Å². The molecule has 0 N–H and O–H groups in total. The lowest BCUT2D eigenvalue weighted by Crippen LogP contribution is -2.43. The molecule has 0 aliphatic heterocycles. The van der Waals surface area contributed by atoms with Crippen molar-refractivity contribution in [1.82, 2.24) is 0 Å². The second kappa shape index (κ2) is 6.92. The lowest BCUT2D eigenvalue weighted by atomic mass is 9.82. The Hall–Kier alpha value is -1.47. The minimum Gasteiger partial charge on any atom is -0.468 e. The smallest absolute Gasteiger partial charge is 0.323 e. The van der Waals surface area contributed by atoms with Crippen LogP contribution in [0.15, 0.2) is 11.6 Å². The van der Waals surface area contributed by atoms with Crippen LogP contribution in [0.5, 0.6) is 0 Å². The van der Waals surface area contributed by atoms with Crippen LogP contribution in [0.1, 0.15) is 33.6 Å². The molecular weight excluding hydrogens is 352 g/mol. The predicted molar refractivity (Wildman–Crippen MR) is 98.9 cm³/mol. The summed E-state index contributed by atoms with van der Waals surface area (Å²) in [6.45, 7) is 11.0. The van der Waals surface area contributed by atoms with Crippen LogP contribution in [0.25, 0.3) is 0 Å². The average Bonchev–Trinajstić information content (AvgIpc) is 3.05. The van der Waals surface area contributed by atoms with Crippen molar-refractivity contribution < 1.29 is 28.3 Å². The van der Waals surface area contributed by atoms with Crippen LogP contribution in [-0.2, 0) is 28.3 Å². The first-order valence-electron chi connectivity index (χ1n) is 8.95. The van der Waals surface area contributed by atoms with Gasteiger partial charge in [-0.05, 0) is 43.0 Å². The molecule has 0 radical (unpaired) electrons. The Morgan fingerprint density at radius 2 is 1.73 bits per heavy atom. The van der Waals surface area contributed by atoms with E-state index >= 15 is 0 Å². The van der Waals surface area contributed by atoms with Crippen LogP contribution >= 0.6 is 0 Å². The molecule has 1 saturated carbocycles. The number of carbonyl (C=O) groups excluding carboxylic acids is 3. The van der Waals surface area contributed by atoms with Crippen molar-refractivity contribution in [2.75, 3.05) is 20.8 Å². The lowest BCUT2D eigenvalue weighted by Gasteiger charge is -2.37. The van der Waals surface area contributed by atoms with Crippen molar-refractivity contribution in [3.8, 4) is 0 Å². The molecule has 2 aliphatic rings. The maximum Gasteiger partial charge on any atom is 0.323 e. The zero-order chi connectivity index (χ0) is 19.9. The third-order valence-corrected chi connectivity index (χ3v) is 10.8. The zero-order valence-corrected chi connectivity index (χ0v) is 17.8. The maximum atomic E-state index is 12.5. The van der Waals surface area contributed by atoms with Crippen LogP contribution in [0.3, 0.4) is 0 Å². The molecule has 0 spiro atoms. The molecule has 0 aromatic carbocycles. The van der Waals surface area contributed by atoms with Gasteiger partial charge in [-0.25, -0.2) is 0 Å². The average molecular weight is 383 g/mol. The Bertz CT molecular complexity index is 627. The third-order valence-electron chi connectivity index (χ3n) is 6.31. The van der Waals surface area contributed by atoms with Gasteiger partial charge in [0.15, 0.2) is 19.5 Å². The molecule has 6 nitrogen and oxygen atoms in total. The second-order valence-corrected chi connectivity index (χ2v) is 13.7. The van der Waals surface area contributed by atoms with E-state index in [9.17, 15) is 14.4 Å². The summed E-state index contributed by atoms with van der Waals surface area (Å²) in [7, 11) is 0.527. The van der Waals surface area contributed by atoms with Crippen LogP contribution in [-0.4, -0.2) is 46.9 Å². The van der Waals surface area contributed by atoms with E-state index in [4.69, 9.17) is 13.9 Å². The molecule has 0 unspecified atom stereocenters. The Balaban J connectivity index is 2.22. The number of ketones is 1. The van der Waals surface area contributed by atoms with Gasteiger partial charge < -0.3 is 13.9 Å². The molecule has 0 saturated heterocycles. The molecule has 2 rings (SSSR count). The highest BCUT2D eigenvalue weighted by Gasteiger charge is 2.59. The number of ether oxygens (including phenoxy) is 2. The van der Waals surface area contributed by atoms with E-state index in [-0.39, 0.29) is 35.5 Å². The van der Waals surface area contributed by atoms with E-state index in [1.54, 1.807) is 6.08 Å². The number of esters is 2. The van der Waals surface area contributed by atoms with Crippen LogP contribution in [0.2, 0.25) is 18.1 Å². The van der Waals surface area contributed by atoms with E-state index in [0.29, 0.717) is 6.61 Å². The summed E-state index contributed by atoms with van der Waals surface area (Å²) in [6.07, 6.45) is 1.99. The molecule has 0 aromatic rings. The molecule has 0 amide bonds. The monoisotopic (exact) mass is 382 g/mol. The summed E-state index contributed by atoms with van der Waals surface area (Å²) in [5, 5.41) is 0.0440. The van der Waals surface area contributed by atoms with Crippen molar-refractivity contribution >= 4 is 26.0 Å². The fourth-order valence-electron chi connectivity index (χ4n) is 3.60. The molecule has 0 aromatic heterocycles. The minimum absolute atomic E-state index is 0.0204. The van der Waals surface area contributed by atoms with Gasteiger partial charge in [0.25, 0.3) is 0 Å². The van der Waals surface area contributed by atoms with Gasteiger partial charge in [-0.3, -0.25) is 14.4 Å². The molecule has 2 atom stereocenters. The summed E-state index contributed by atoms with van der Waals surface area (Å²) in [6, 6.07) is 0. The van der Waals surface area contributed by atoms with Crippen molar-refractivity contribution in [3.05, 3.63) is 11.6 Å². The van der Waals surface area contributed by atoms with E-state index in [2.05, 4.69) is 33.9 Å². The predicted octanol–water partition coefficient (Wildman–Crippen LogP) is 2.88. The summed E-state index contributed by atoms with van der Waals surface area (Å²) in [5.74, 6) is -1.71. The number of rotatable bonds is 5. The normalized spacial score (nSPS) is 24.9. The third kappa shape index (κ3) is 3.39. The highest BCUT2D eigenvalue weighted by Crippen LogP contribution is 2.53. The quantitative estimate of drug-likeness (QED) is 0.413.